The van der Waals surface area contributed by atoms with Crippen LogP contribution in [0.3, 0.4) is 0 Å². The van der Waals surface area contributed by atoms with Crippen LogP contribution in [-0.4, -0.2) is 52.7 Å². The van der Waals surface area contributed by atoms with E-state index in [4.69, 9.17) is 21.3 Å². The maximum Gasteiger partial charge on any atom is 0.417 e. The van der Waals surface area contributed by atoms with Crippen molar-refractivity contribution in [2.45, 2.75) is 58.1 Å². The SMILES string of the molecule is CC(C)(C)OC(=O)N(CCCCN)C(=O)C(N)CCC(=O)O. The molecule has 0 saturated heterocycles. The Bertz CT molecular complexity index is 392. The molecule has 22 heavy (non-hydrogen) atoms. The summed E-state index contributed by atoms with van der Waals surface area (Å²) in [6, 6.07) is -1.05. The van der Waals surface area contributed by atoms with E-state index in [1.165, 1.54) is 0 Å². The Morgan fingerprint density at radius 3 is 2.27 bits per heavy atom. The molecule has 8 heteroatoms. The fourth-order valence-electron chi connectivity index (χ4n) is 1.63. The van der Waals surface area contributed by atoms with Crippen molar-refractivity contribution >= 4 is 18.0 Å². The standard InChI is InChI=1S/C14H27N3O5/c1-14(2,3)22-13(21)17(9-5-4-8-15)12(20)10(16)6-7-11(18)19/h10H,4-9,15-16H2,1-3H3,(H,18,19). The summed E-state index contributed by atoms with van der Waals surface area (Å²) in [5, 5.41) is 8.63. The molecule has 0 fully saturated rings. The maximum atomic E-state index is 12.3. The Morgan fingerprint density at radius 1 is 1.23 bits per heavy atom. The van der Waals surface area contributed by atoms with Crippen LogP contribution in [0, 0.1) is 0 Å². The molecule has 0 aromatic heterocycles. The third-order valence-corrected chi connectivity index (χ3v) is 2.70. The Kier molecular flexibility index (Phi) is 8.66. The normalized spacial score (nSPS) is 12.6. The van der Waals surface area contributed by atoms with Crippen LogP contribution < -0.4 is 11.5 Å². The maximum absolute atomic E-state index is 12.3. The molecule has 1 atom stereocenters. The molecule has 0 saturated carbocycles. The number of carbonyl (C=O) groups is 3. The number of carboxylic acids is 1. The molecule has 128 valence electrons. The molecule has 1 unspecified atom stereocenters. The summed E-state index contributed by atoms with van der Waals surface area (Å²) in [5.74, 6) is -1.68. The van der Waals surface area contributed by atoms with Crippen LogP contribution in [0.1, 0.15) is 46.5 Å². The summed E-state index contributed by atoms with van der Waals surface area (Å²) in [6.45, 7) is 5.67. The van der Waals surface area contributed by atoms with Crippen molar-refractivity contribution in [1.82, 2.24) is 4.90 Å². The third-order valence-electron chi connectivity index (χ3n) is 2.70. The number of nitrogens with zero attached hydrogens (tertiary/aromatic N) is 1. The second kappa shape index (κ2) is 9.37. The van der Waals surface area contributed by atoms with Gasteiger partial charge in [-0.15, -0.1) is 0 Å². The molecule has 0 aliphatic heterocycles. The molecule has 0 rings (SSSR count). The number of hydrogen-bond donors (Lipinski definition) is 3. The van der Waals surface area contributed by atoms with Gasteiger partial charge in [0.1, 0.15) is 5.60 Å². The molecule has 0 heterocycles. The fourth-order valence-corrected chi connectivity index (χ4v) is 1.63. The molecule has 0 radical (unpaired) electrons. The van der Waals surface area contributed by atoms with Gasteiger partial charge >= 0.3 is 12.1 Å². The summed E-state index contributed by atoms with van der Waals surface area (Å²) in [4.78, 5) is 35.9. The quantitative estimate of drug-likeness (QED) is 0.560. The largest absolute Gasteiger partial charge is 0.481 e. The number of carboxylic acid groups (broad SMARTS) is 1. The van der Waals surface area contributed by atoms with E-state index in [1.54, 1.807) is 20.8 Å². The van der Waals surface area contributed by atoms with Crippen LogP contribution >= 0.6 is 0 Å². The van der Waals surface area contributed by atoms with Crippen molar-refractivity contribution in [1.29, 1.82) is 0 Å². The Hall–Kier alpha value is -1.67. The minimum atomic E-state index is -1.05. The van der Waals surface area contributed by atoms with Gasteiger partial charge in [-0.25, -0.2) is 9.69 Å². The molecular weight excluding hydrogens is 290 g/mol. The lowest BCUT2D eigenvalue weighted by molar-refractivity contribution is -0.137. The van der Waals surface area contributed by atoms with E-state index in [0.717, 1.165) is 4.90 Å². The lowest BCUT2D eigenvalue weighted by atomic mass is 10.1. The molecule has 0 spiro atoms. The van der Waals surface area contributed by atoms with Crippen molar-refractivity contribution in [3.05, 3.63) is 0 Å². The number of nitrogens with two attached hydrogens (primary N) is 2. The topological polar surface area (TPSA) is 136 Å². The number of aliphatic carboxylic acids is 1. The molecule has 0 bridgehead atoms. The van der Waals surface area contributed by atoms with Gasteiger partial charge < -0.3 is 21.3 Å². The van der Waals surface area contributed by atoms with Crippen LogP contribution in [0.15, 0.2) is 0 Å². The highest BCUT2D eigenvalue weighted by Crippen LogP contribution is 2.12. The molecule has 0 aromatic carbocycles. The summed E-state index contributed by atoms with van der Waals surface area (Å²) in [7, 11) is 0. The van der Waals surface area contributed by atoms with Crippen LogP contribution in [0.2, 0.25) is 0 Å². The molecule has 5 N–H and O–H groups in total. The molecule has 8 nitrogen and oxygen atoms in total. The summed E-state index contributed by atoms with van der Waals surface area (Å²) >= 11 is 0. The molecule has 0 aromatic rings. The number of unbranched alkanes of at least 4 members (excludes halogenated alkanes) is 1. The highest BCUT2D eigenvalue weighted by molar-refractivity contribution is 5.95. The van der Waals surface area contributed by atoms with Crippen LogP contribution in [0.5, 0.6) is 0 Å². The van der Waals surface area contributed by atoms with Gasteiger partial charge in [0, 0.05) is 13.0 Å². The predicted octanol–water partition coefficient (Wildman–Crippen LogP) is 0.681. The van der Waals surface area contributed by atoms with Gasteiger partial charge in [-0.05, 0) is 46.6 Å². The lowest BCUT2D eigenvalue weighted by Gasteiger charge is -2.27. The Balaban J connectivity index is 4.85. The number of imide groups is 1. The smallest absolute Gasteiger partial charge is 0.417 e. The number of ether oxygens (including phenoxy) is 1. The Labute approximate surface area is 130 Å². The highest BCUT2D eigenvalue weighted by atomic mass is 16.6. The first-order valence-electron chi connectivity index (χ1n) is 7.30. The Morgan fingerprint density at radius 2 is 1.82 bits per heavy atom. The number of carbonyl (C=O) groups excluding carboxylic acids is 2. The second-order valence-electron chi connectivity index (χ2n) is 6.00. The molecule has 0 aliphatic rings. The highest BCUT2D eigenvalue weighted by Gasteiger charge is 2.30. The van der Waals surface area contributed by atoms with Crippen molar-refractivity contribution in [3.63, 3.8) is 0 Å². The zero-order valence-corrected chi connectivity index (χ0v) is 13.5. The minimum Gasteiger partial charge on any atom is -0.481 e. The average molecular weight is 317 g/mol. The van der Waals surface area contributed by atoms with E-state index in [2.05, 4.69) is 0 Å². The average Bonchev–Trinajstić information content (AvgIpc) is 2.38. The van der Waals surface area contributed by atoms with Crippen molar-refractivity contribution < 1.29 is 24.2 Å². The van der Waals surface area contributed by atoms with E-state index in [-0.39, 0.29) is 19.4 Å². The van der Waals surface area contributed by atoms with Crippen LogP contribution in [-0.2, 0) is 14.3 Å². The fraction of sp³-hybridized carbons (Fsp3) is 0.786. The number of amides is 2. The number of hydrogen-bond acceptors (Lipinski definition) is 6. The van der Waals surface area contributed by atoms with Gasteiger partial charge in [0.25, 0.3) is 0 Å². The van der Waals surface area contributed by atoms with E-state index in [9.17, 15) is 14.4 Å². The lowest BCUT2D eigenvalue weighted by Crippen LogP contribution is -2.49. The first-order chi connectivity index (χ1) is 10.1. The van der Waals surface area contributed by atoms with Gasteiger partial charge in [-0.2, -0.15) is 0 Å². The summed E-state index contributed by atoms with van der Waals surface area (Å²) in [6.07, 6.45) is 0.132. The van der Waals surface area contributed by atoms with E-state index in [1.807, 2.05) is 0 Å². The van der Waals surface area contributed by atoms with Crippen molar-refractivity contribution in [3.8, 4) is 0 Å². The van der Waals surface area contributed by atoms with Crippen molar-refractivity contribution in [2.75, 3.05) is 13.1 Å². The number of rotatable bonds is 8. The zero-order chi connectivity index (χ0) is 17.3. The second-order valence-corrected chi connectivity index (χ2v) is 6.00. The monoisotopic (exact) mass is 317 g/mol. The molecule has 2 amide bonds. The minimum absolute atomic E-state index is 0.0373. The molecular formula is C14H27N3O5. The van der Waals surface area contributed by atoms with E-state index in [0.29, 0.717) is 19.4 Å². The van der Waals surface area contributed by atoms with Crippen LogP contribution in [0.25, 0.3) is 0 Å². The van der Waals surface area contributed by atoms with Gasteiger partial charge in [0.2, 0.25) is 5.91 Å². The van der Waals surface area contributed by atoms with Gasteiger partial charge in [0.15, 0.2) is 0 Å². The zero-order valence-electron chi connectivity index (χ0n) is 13.5. The summed E-state index contributed by atoms with van der Waals surface area (Å²) in [5.41, 5.74) is 10.3. The summed E-state index contributed by atoms with van der Waals surface area (Å²) < 4.78 is 5.19. The van der Waals surface area contributed by atoms with Crippen LogP contribution in [0.4, 0.5) is 4.79 Å². The first-order valence-corrected chi connectivity index (χ1v) is 7.30. The van der Waals surface area contributed by atoms with Gasteiger partial charge in [0.05, 0.1) is 6.04 Å². The van der Waals surface area contributed by atoms with E-state index < -0.39 is 29.6 Å². The third kappa shape index (κ3) is 8.58. The predicted molar refractivity (Wildman–Crippen MR) is 81.1 cm³/mol. The van der Waals surface area contributed by atoms with Gasteiger partial charge in [-0.1, -0.05) is 0 Å². The van der Waals surface area contributed by atoms with Crippen molar-refractivity contribution in [2.24, 2.45) is 11.5 Å². The first kappa shape index (κ1) is 20.3. The van der Waals surface area contributed by atoms with Gasteiger partial charge in [-0.3, -0.25) is 9.59 Å². The van der Waals surface area contributed by atoms with E-state index >= 15 is 0 Å². The molecule has 0 aliphatic carbocycles.